The molecule has 1 rings (SSSR count). The molecule has 0 aliphatic carbocycles. The number of hydrogen-bond donors (Lipinski definition) is 0. The first-order chi connectivity index (χ1) is 8.22. The van der Waals surface area contributed by atoms with E-state index >= 15 is 0 Å². The van der Waals surface area contributed by atoms with E-state index < -0.39 is 9.28 Å². The van der Waals surface area contributed by atoms with Gasteiger partial charge in [-0.25, -0.2) is 0 Å². The van der Waals surface area contributed by atoms with Crippen molar-refractivity contribution >= 4 is 25.2 Å². The zero-order valence-corrected chi connectivity index (χ0v) is 13.5. The minimum atomic E-state index is -1.61. The summed E-state index contributed by atoms with van der Waals surface area (Å²) < 4.78 is 12.8. The van der Waals surface area contributed by atoms with E-state index in [0.717, 1.165) is 24.1 Å². The van der Waals surface area contributed by atoms with Crippen molar-refractivity contribution in [2.24, 2.45) is 0 Å². The Morgan fingerprint density at radius 3 is 2.00 bits per heavy atom. The summed E-state index contributed by atoms with van der Waals surface area (Å²) in [7, 11) is -1.61. The van der Waals surface area contributed by atoms with E-state index in [9.17, 15) is 0 Å². The Morgan fingerprint density at radius 2 is 1.59 bits per heavy atom. The van der Waals surface area contributed by atoms with Crippen molar-refractivity contribution in [1.29, 1.82) is 0 Å². The van der Waals surface area contributed by atoms with E-state index in [-0.39, 0.29) is 0 Å². The van der Waals surface area contributed by atoms with Gasteiger partial charge < -0.3 is 8.85 Å². The predicted octanol–water partition coefficient (Wildman–Crippen LogP) is 3.78. The zero-order chi connectivity index (χ0) is 12.7. The SMILES string of the molecule is CCO[SiH](OCC)C(CC)c1ccc(Br)cc1. The first-order valence-electron chi connectivity index (χ1n) is 6.21. The second-order valence-corrected chi connectivity index (χ2v) is 6.97. The van der Waals surface area contributed by atoms with Crippen LogP contribution in [0.25, 0.3) is 0 Å². The summed E-state index contributed by atoms with van der Waals surface area (Å²) in [5.74, 6) is 0. The van der Waals surface area contributed by atoms with Gasteiger partial charge in [0.1, 0.15) is 0 Å². The molecule has 0 aromatic heterocycles. The molecule has 0 spiro atoms. The minimum absolute atomic E-state index is 0.433. The molecule has 1 aromatic rings. The van der Waals surface area contributed by atoms with Crippen LogP contribution in [0.15, 0.2) is 28.7 Å². The smallest absolute Gasteiger partial charge is 0.329 e. The van der Waals surface area contributed by atoms with Gasteiger partial charge in [0.25, 0.3) is 0 Å². The molecule has 0 radical (unpaired) electrons. The summed E-state index contributed by atoms with van der Waals surface area (Å²) in [4.78, 5) is 0. The molecule has 1 atom stereocenters. The Hall–Kier alpha value is -0.163. The average molecular weight is 317 g/mol. The first-order valence-corrected chi connectivity index (χ1v) is 8.61. The lowest BCUT2D eigenvalue weighted by Gasteiger charge is -2.24. The fourth-order valence-electron chi connectivity index (χ4n) is 1.90. The Kier molecular flexibility index (Phi) is 7.04. The summed E-state index contributed by atoms with van der Waals surface area (Å²) in [5.41, 5.74) is 1.76. The Labute approximate surface area is 114 Å². The van der Waals surface area contributed by atoms with E-state index in [4.69, 9.17) is 8.85 Å². The summed E-state index contributed by atoms with van der Waals surface area (Å²) in [6.07, 6.45) is 1.07. The molecule has 17 heavy (non-hydrogen) atoms. The van der Waals surface area contributed by atoms with E-state index in [2.05, 4.69) is 47.1 Å². The number of benzene rings is 1. The Bertz CT molecular complexity index is 310. The van der Waals surface area contributed by atoms with Gasteiger partial charge in [-0.2, -0.15) is 0 Å². The average Bonchev–Trinajstić information content (AvgIpc) is 2.33. The highest BCUT2D eigenvalue weighted by Crippen LogP contribution is 2.25. The van der Waals surface area contributed by atoms with Gasteiger partial charge in [0, 0.05) is 23.2 Å². The van der Waals surface area contributed by atoms with Crippen LogP contribution >= 0.6 is 15.9 Å². The van der Waals surface area contributed by atoms with E-state index in [1.54, 1.807) is 0 Å². The maximum atomic E-state index is 5.83. The van der Waals surface area contributed by atoms with Gasteiger partial charge in [0.2, 0.25) is 0 Å². The first kappa shape index (κ1) is 14.9. The molecule has 0 aliphatic heterocycles. The lowest BCUT2D eigenvalue weighted by molar-refractivity contribution is 0.204. The summed E-state index contributed by atoms with van der Waals surface area (Å²) in [6, 6.07) is 8.50. The van der Waals surface area contributed by atoms with Gasteiger partial charge in [0.15, 0.2) is 0 Å². The van der Waals surface area contributed by atoms with Crippen LogP contribution in [-0.4, -0.2) is 22.5 Å². The highest BCUT2D eigenvalue weighted by molar-refractivity contribution is 9.10. The molecular weight excluding hydrogens is 296 g/mol. The number of rotatable bonds is 7. The van der Waals surface area contributed by atoms with Crippen molar-refractivity contribution in [2.45, 2.75) is 32.7 Å². The van der Waals surface area contributed by atoms with Crippen LogP contribution < -0.4 is 0 Å². The van der Waals surface area contributed by atoms with Crippen LogP contribution in [-0.2, 0) is 8.85 Å². The van der Waals surface area contributed by atoms with Crippen LogP contribution in [0, 0.1) is 0 Å². The predicted molar refractivity (Wildman–Crippen MR) is 77.6 cm³/mol. The van der Waals surface area contributed by atoms with Crippen LogP contribution in [0.5, 0.6) is 0 Å². The minimum Gasteiger partial charge on any atom is -0.396 e. The molecule has 0 N–H and O–H groups in total. The van der Waals surface area contributed by atoms with Crippen molar-refractivity contribution in [1.82, 2.24) is 0 Å². The standard InChI is InChI=1S/C13H21BrO2Si/c1-4-13(17(15-5-2)16-6-3)11-7-9-12(14)10-8-11/h7-10,13,17H,4-6H2,1-3H3. The van der Waals surface area contributed by atoms with Gasteiger partial charge in [-0.1, -0.05) is 35.0 Å². The van der Waals surface area contributed by atoms with Crippen molar-refractivity contribution in [3.05, 3.63) is 34.3 Å². The molecule has 1 aromatic carbocycles. The molecule has 0 fully saturated rings. The van der Waals surface area contributed by atoms with Crippen molar-refractivity contribution in [3.8, 4) is 0 Å². The van der Waals surface area contributed by atoms with Gasteiger partial charge in [-0.15, -0.1) is 0 Å². The normalized spacial score (nSPS) is 13.0. The maximum absolute atomic E-state index is 5.83. The summed E-state index contributed by atoms with van der Waals surface area (Å²) >= 11 is 3.46. The lowest BCUT2D eigenvalue weighted by atomic mass is 10.1. The van der Waals surface area contributed by atoms with Crippen molar-refractivity contribution in [3.63, 3.8) is 0 Å². The third-order valence-electron chi connectivity index (χ3n) is 2.73. The maximum Gasteiger partial charge on any atom is 0.329 e. The zero-order valence-electron chi connectivity index (χ0n) is 10.8. The summed E-state index contributed by atoms with van der Waals surface area (Å²) in [5, 5.41) is 0. The molecule has 0 aliphatic rings. The van der Waals surface area contributed by atoms with Crippen molar-refractivity contribution in [2.75, 3.05) is 13.2 Å². The number of halogens is 1. The Morgan fingerprint density at radius 1 is 1.06 bits per heavy atom. The number of hydrogen-bond acceptors (Lipinski definition) is 2. The molecule has 0 saturated carbocycles. The monoisotopic (exact) mass is 316 g/mol. The second-order valence-electron chi connectivity index (χ2n) is 3.85. The van der Waals surface area contributed by atoms with Crippen LogP contribution in [0.1, 0.15) is 38.3 Å². The highest BCUT2D eigenvalue weighted by atomic mass is 79.9. The molecule has 0 heterocycles. The quantitative estimate of drug-likeness (QED) is 0.713. The van der Waals surface area contributed by atoms with Crippen molar-refractivity contribution < 1.29 is 8.85 Å². The van der Waals surface area contributed by atoms with E-state index in [0.29, 0.717) is 5.54 Å². The molecule has 0 amide bonds. The topological polar surface area (TPSA) is 18.5 Å². The van der Waals surface area contributed by atoms with Gasteiger partial charge >= 0.3 is 9.28 Å². The fraction of sp³-hybridized carbons (Fsp3) is 0.538. The van der Waals surface area contributed by atoms with Gasteiger partial charge in [0.05, 0.1) is 0 Å². The molecule has 0 saturated heterocycles. The third-order valence-corrected chi connectivity index (χ3v) is 6.09. The van der Waals surface area contributed by atoms with E-state index in [1.807, 2.05) is 13.8 Å². The fourth-order valence-corrected chi connectivity index (χ4v) is 4.31. The Balaban J connectivity index is 2.83. The highest BCUT2D eigenvalue weighted by Gasteiger charge is 2.25. The summed E-state index contributed by atoms with van der Waals surface area (Å²) in [6.45, 7) is 7.75. The molecule has 96 valence electrons. The van der Waals surface area contributed by atoms with Gasteiger partial charge in [-0.05, 0) is 38.0 Å². The lowest BCUT2D eigenvalue weighted by Crippen LogP contribution is -2.31. The van der Waals surface area contributed by atoms with Crippen LogP contribution in [0.4, 0.5) is 0 Å². The molecule has 2 nitrogen and oxygen atoms in total. The molecular formula is C13H21BrO2Si. The molecule has 4 heteroatoms. The largest absolute Gasteiger partial charge is 0.396 e. The molecule has 1 unspecified atom stereocenters. The third kappa shape index (κ3) is 4.54. The van der Waals surface area contributed by atoms with Gasteiger partial charge in [-0.3, -0.25) is 0 Å². The second kappa shape index (κ2) is 8.03. The van der Waals surface area contributed by atoms with Crippen LogP contribution in [0.2, 0.25) is 0 Å². The molecule has 0 bridgehead atoms. The van der Waals surface area contributed by atoms with Crippen LogP contribution in [0.3, 0.4) is 0 Å². The van der Waals surface area contributed by atoms with E-state index in [1.165, 1.54) is 5.56 Å².